The fraction of sp³-hybridized carbons (Fsp3) is 0.217. The number of aryl methyl sites for hydroxylation is 1. The molecule has 0 aliphatic rings. The molecule has 2 aromatic heterocycles. The molecule has 5 nitrogen and oxygen atoms in total. The maximum absolute atomic E-state index is 13.9. The predicted octanol–water partition coefficient (Wildman–Crippen LogP) is 3.53. The van der Waals surface area contributed by atoms with Gasteiger partial charge in [-0.1, -0.05) is 30.3 Å². The summed E-state index contributed by atoms with van der Waals surface area (Å²) in [5, 5.41) is 2.95. The van der Waals surface area contributed by atoms with Crippen molar-refractivity contribution in [1.29, 1.82) is 0 Å². The van der Waals surface area contributed by atoms with Gasteiger partial charge in [0.15, 0.2) is 0 Å². The van der Waals surface area contributed by atoms with Crippen LogP contribution in [0.1, 0.15) is 18.9 Å². The number of carbonyl (C=O) groups is 1. The van der Waals surface area contributed by atoms with Crippen molar-refractivity contribution in [1.82, 2.24) is 14.3 Å². The predicted molar refractivity (Wildman–Crippen MR) is 111 cm³/mol. The van der Waals surface area contributed by atoms with E-state index < -0.39 is 5.82 Å². The van der Waals surface area contributed by atoms with Crippen molar-refractivity contribution in [2.24, 2.45) is 0 Å². The van der Waals surface area contributed by atoms with Crippen LogP contribution in [0.15, 0.2) is 71.7 Å². The average Bonchev–Trinajstić information content (AvgIpc) is 3.20. The number of rotatable bonds is 6. The molecule has 0 aliphatic carbocycles. The highest BCUT2D eigenvalue weighted by Crippen LogP contribution is 2.17. The zero-order valence-electron chi connectivity index (χ0n) is 16.1. The van der Waals surface area contributed by atoms with Crippen LogP contribution in [0, 0.1) is 5.82 Å². The minimum absolute atomic E-state index is 0.0431. The first-order valence-electron chi connectivity index (χ1n) is 9.65. The second-order valence-corrected chi connectivity index (χ2v) is 7.28. The number of benzene rings is 2. The molecule has 2 aromatic carbocycles. The van der Waals surface area contributed by atoms with E-state index in [0.29, 0.717) is 16.6 Å². The van der Waals surface area contributed by atoms with E-state index in [1.807, 2.05) is 25.1 Å². The molecule has 1 unspecified atom stereocenters. The van der Waals surface area contributed by atoms with Gasteiger partial charge in [-0.3, -0.25) is 14.2 Å². The quantitative estimate of drug-likeness (QED) is 0.547. The summed E-state index contributed by atoms with van der Waals surface area (Å²) in [6.07, 6.45) is 3.40. The van der Waals surface area contributed by atoms with E-state index in [2.05, 4.69) is 17.4 Å². The van der Waals surface area contributed by atoms with Gasteiger partial charge >= 0.3 is 0 Å². The molecule has 0 saturated carbocycles. The summed E-state index contributed by atoms with van der Waals surface area (Å²) in [4.78, 5) is 25.5. The summed E-state index contributed by atoms with van der Waals surface area (Å²) in [5.74, 6) is -0.720. The van der Waals surface area contributed by atoms with Gasteiger partial charge in [0.2, 0.25) is 5.91 Å². The number of carbonyl (C=O) groups excluding carboxylic acids is 1. The second kappa shape index (κ2) is 7.91. The van der Waals surface area contributed by atoms with Gasteiger partial charge in [0.25, 0.3) is 5.56 Å². The molecule has 1 amide bonds. The first kappa shape index (κ1) is 18.9. The third kappa shape index (κ3) is 3.92. The largest absolute Gasteiger partial charge is 0.352 e. The summed E-state index contributed by atoms with van der Waals surface area (Å²) >= 11 is 0. The highest BCUT2D eigenvalue weighted by atomic mass is 19.1. The maximum atomic E-state index is 13.9. The lowest BCUT2D eigenvalue weighted by Crippen LogP contribution is -2.38. The van der Waals surface area contributed by atoms with Crippen LogP contribution in [0.2, 0.25) is 0 Å². The van der Waals surface area contributed by atoms with Crippen molar-refractivity contribution in [2.75, 3.05) is 0 Å². The molecule has 0 bridgehead atoms. The number of hydrogen-bond acceptors (Lipinski definition) is 2. The van der Waals surface area contributed by atoms with E-state index >= 15 is 0 Å². The molecule has 1 N–H and O–H groups in total. The molecule has 0 aliphatic heterocycles. The Hall–Kier alpha value is -3.41. The van der Waals surface area contributed by atoms with Crippen LogP contribution in [-0.4, -0.2) is 20.9 Å². The van der Waals surface area contributed by atoms with Crippen molar-refractivity contribution >= 4 is 22.5 Å². The van der Waals surface area contributed by atoms with Crippen molar-refractivity contribution in [2.45, 2.75) is 32.4 Å². The Balaban J connectivity index is 1.55. The Labute approximate surface area is 167 Å². The van der Waals surface area contributed by atoms with Crippen LogP contribution in [0.4, 0.5) is 4.39 Å². The fourth-order valence-electron chi connectivity index (χ4n) is 3.65. The Morgan fingerprint density at radius 1 is 1.03 bits per heavy atom. The number of hydrogen-bond donors (Lipinski definition) is 1. The second-order valence-electron chi connectivity index (χ2n) is 7.28. The van der Waals surface area contributed by atoms with Crippen LogP contribution in [0.25, 0.3) is 16.6 Å². The summed E-state index contributed by atoms with van der Waals surface area (Å²) < 4.78 is 16.9. The van der Waals surface area contributed by atoms with Crippen molar-refractivity contribution in [3.63, 3.8) is 0 Å². The minimum atomic E-state index is -0.450. The summed E-state index contributed by atoms with van der Waals surface area (Å²) in [6, 6.07) is 17.7. The lowest BCUT2D eigenvalue weighted by atomic mass is 10.1. The van der Waals surface area contributed by atoms with E-state index in [0.717, 1.165) is 12.8 Å². The first-order valence-corrected chi connectivity index (χ1v) is 9.65. The minimum Gasteiger partial charge on any atom is -0.352 e. The van der Waals surface area contributed by atoms with Crippen molar-refractivity contribution < 1.29 is 9.18 Å². The van der Waals surface area contributed by atoms with E-state index in [-0.39, 0.29) is 24.1 Å². The topological polar surface area (TPSA) is 55.5 Å². The summed E-state index contributed by atoms with van der Waals surface area (Å²) in [7, 11) is 0. The van der Waals surface area contributed by atoms with Gasteiger partial charge in [0.05, 0.1) is 11.0 Å². The van der Waals surface area contributed by atoms with Crippen LogP contribution in [-0.2, 0) is 17.8 Å². The lowest BCUT2D eigenvalue weighted by molar-refractivity contribution is -0.122. The van der Waals surface area contributed by atoms with Crippen molar-refractivity contribution in [3.05, 3.63) is 88.6 Å². The number of nitrogens with one attached hydrogen (secondary N) is 1. The Morgan fingerprint density at radius 2 is 1.83 bits per heavy atom. The Kier molecular flexibility index (Phi) is 5.16. The molecule has 6 heteroatoms. The van der Waals surface area contributed by atoms with Gasteiger partial charge in [-0.25, -0.2) is 4.39 Å². The van der Waals surface area contributed by atoms with Crippen molar-refractivity contribution in [3.8, 4) is 0 Å². The number of aromatic nitrogens is 2. The van der Waals surface area contributed by atoms with Gasteiger partial charge in [-0.2, -0.15) is 0 Å². The number of halogens is 1. The first-order chi connectivity index (χ1) is 14.0. The summed E-state index contributed by atoms with van der Waals surface area (Å²) in [5.41, 5.74) is 2.42. The van der Waals surface area contributed by atoms with Gasteiger partial charge in [0, 0.05) is 12.2 Å². The molecule has 0 radical (unpaired) electrons. The van der Waals surface area contributed by atoms with Gasteiger partial charge in [0.1, 0.15) is 17.9 Å². The van der Waals surface area contributed by atoms with Gasteiger partial charge in [-0.15, -0.1) is 0 Å². The fourth-order valence-corrected chi connectivity index (χ4v) is 3.65. The van der Waals surface area contributed by atoms with Crippen LogP contribution < -0.4 is 10.9 Å². The highest BCUT2D eigenvalue weighted by molar-refractivity contribution is 5.82. The van der Waals surface area contributed by atoms with Gasteiger partial charge in [-0.05, 0) is 55.7 Å². The highest BCUT2D eigenvalue weighted by Gasteiger charge is 2.15. The molecule has 0 spiro atoms. The monoisotopic (exact) mass is 391 g/mol. The van der Waals surface area contributed by atoms with Crippen LogP contribution >= 0.6 is 0 Å². The molecule has 1 atom stereocenters. The number of nitrogens with zero attached hydrogens (tertiary/aromatic N) is 2. The van der Waals surface area contributed by atoms with E-state index in [1.165, 1.54) is 22.3 Å². The molecule has 29 heavy (non-hydrogen) atoms. The van der Waals surface area contributed by atoms with Crippen LogP contribution in [0.3, 0.4) is 0 Å². The zero-order chi connectivity index (χ0) is 20.4. The third-order valence-corrected chi connectivity index (χ3v) is 5.12. The lowest BCUT2D eigenvalue weighted by Gasteiger charge is -2.16. The number of amides is 1. The molecule has 148 valence electrons. The summed E-state index contributed by atoms with van der Waals surface area (Å²) in [6.45, 7) is 1.79. The van der Waals surface area contributed by atoms with Crippen LogP contribution in [0.5, 0.6) is 0 Å². The maximum Gasteiger partial charge on any atom is 0.275 e. The molecule has 0 fully saturated rings. The van der Waals surface area contributed by atoms with Gasteiger partial charge < -0.3 is 9.72 Å². The van der Waals surface area contributed by atoms with E-state index in [4.69, 9.17) is 0 Å². The molecule has 4 aromatic rings. The SMILES string of the molecule is CC(CCc1ccccc1)NC(=O)Cn1c(=O)c2cccn2c2ccc(F)cc21. The molecule has 0 saturated heterocycles. The average molecular weight is 391 g/mol. The molecular formula is C23H22FN3O2. The normalized spacial score (nSPS) is 12.3. The molecule has 2 heterocycles. The zero-order valence-corrected chi connectivity index (χ0v) is 16.1. The Bertz CT molecular complexity index is 1230. The van der Waals surface area contributed by atoms with E-state index in [9.17, 15) is 14.0 Å². The third-order valence-electron chi connectivity index (χ3n) is 5.12. The Morgan fingerprint density at radius 3 is 2.62 bits per heavy atom. The van der Waals surface area contributed by atoms with E-state index in [1.54, 1.807) is 28.8 Å². The molecule has 4 rings (SSSR count). The standard InChI is InChI=1S/C23H22FN3O2/c1-16(9-10-17-6-3-2-4-7-17)25-22(28)15-27-21-14-18(24)11-12-19(21)26-13-5-8-20(26)23(27)29/h2-8,11-14,16H,9-10,15H2,1H3,(H,25,28). The smallest absolute Gasteiger partial charge is 0.275 e. The molecular weight excluding hydrogens is 369 g/mol. The number of fused-ring (bicyclic) bond motifs is 3.